The first-order chi connectivity index (χ1) is 10.1. The Labute approximate surface area is 133 Å². The zero-order chi connectivity index (χ0) is 15.0. The van der Waals surface area contributed by atoms with Gasteiger partial charge in [-0.25, -0.2) is 4.79 Å². The van der Waals surface area contributed by atoms with Crippen LogP contribution in [0.3, 0.4) is 0 Å². The molecule has 0 unspecified atom stereocenters. The molecule has 1 aromatic rings. The number of benzene rings is 1. The third kappa shape index (κ3) is 2.85. The third-order valence-electron chi connectivity index (χ3n) is 3.78. The molecule has 2 aliphatic heterocycles. The smallest absolute Gasteiger partial charge is 0.325 e. The molecule has 0 radical (unpaired) electrons. The number of nitrogens with zero attached hydrogens (tertiary/aromatic N) is 2. The predicted octanol–water partition coefficient (Wildman–Crippen LogP) is 0.522. The predicted molar refractivity (Wildman–Crippen MR) is 83.9 cm³/mol. The largest absolute Gasteiger partial charge is 0.398 e. The van der Waals surface area contributed by atoms with Gasteiger partial charge in [-0.05, 0) is 30.5 Å². The molecule has 7 nitrogen and oxygen atoms in total. The maximum Gasteiger partial charge on any atom is 0.325 e. The van der Waals surface area contributed by atoms with Crippen LogP contribution in [0, 0.1) is 0 Å². The van der Waals surface area contributed by atoms with E-state index in [1.165, 1.54) is 4.90 Å². The van der Waals surface area contributed by atoms with Crippen LogP contribution >= 0.6 is 12.4 Å². The van der Waals surface area contributed by atoms with Crippen LogP contribution in [0.4, 0.5) is 16.2 Å². The van der Waals surface area contributed by atoms with Crippen LogP contribution in [-0.2, 0) is 16.0 Å². The number of anilines is 2. The van der Waals surface area contributed by atoms with Gasteiger partial charge in [-0.3, -0.25) is 14.9 Å². The van der Waals surface area contributed by atoms with E-state index < -0.39 is 6.03 Å². The van der Waals surface area contributed by atoms with Gasteiger partial charge in [0.1, 0.15) is 13.1 Å². The Morgan fingerprint density at radius 2 is 2.09 bits per heavy atom. The van der Waals surface area contributed by atoms with Gasteiger partial charge in [-0.15, -0.1) is 12.4 Å². The summed E-state index contributed by atoms with van der Waals surface area (Å²) < 4.78 is 0. The van der Waals surface area contributed by atoms with Crippen LogP contribution < -0.4 is 16.0 Å². The standard InChI is InChI=1S/C14H16N4O3.ClH/c15-10-4-1-5-11-9(10)3-2-6-18(11)13(20)8-17-7-12(19)16-14(17)21;/h1,4-5H,2-3,6-8,15H2,(H,16,19,21);1H. The molecular weight excluding hydrogens is 308 g/mol. The van der Waals surface area contributed by atoms with Gasteiger partial charge < -0.3 is 15.5 Å². The molecule has 3 rings (SSSR count). The maximum absolute atomic E-state index is 12.4. The molecule has 1 aromatic carbocycles. The summed E-state index contributed by atoms with van der Waals surface area (Å²) in [6.45, 7) is 0.423. The van der Waals surface area contributed by atoms with Crippen molar-refractivity contribution in [2.24, 2.45) is 0 Å². The molecule has 0 aliphatic carbocycles. The van der Waals surface area contributed by atoms with Crippen LogP contribution in [-0.4, -0.2) is 42.4 Å². The number of rotatable bonds is 2. The highest BCUT2D eigenvalue weighted by Gasteiger charge is 2.31. The lowest BCUT2D eigenvalue weighted by Crippen LogP contribution is -2.43. The van der Waals surface area contributed by atoms with Gasteiger partial charge in [-0.1, -0.05) is 6.07 Å². The lowest BCUT2D eigenvalue weighted by molar-refractivity contribution is -0.120. The Morgan fingerprint density at radius 3 is 2.77 bits per heavy atom. The summed E-state index contributed by atoms with van der Waals surface area (Å²) in [6.07, 6.45) is 1.67. The highest BCUT2D eigenvalue weighted by atomic mass is 35.5. The van der Waals surface area contributed by atoms with Gasteiger partial charge >= 0.3 is 6.03 Å². The fourth-order valence-corrected chi connectivity index (χ4v) is 2.77. The van der Waals surface area contributed by atoms with E-state index in [1.807, 2.05) is 18.2 Å². The van der Waals surface area contributed by atoms with E-state index in [2.05, 4.69) is 5.32 Å². The number of halogens is 1. The number of hydrogen-bond donors (Lipinski definition) is 2. The first-order valence-electron chi connectivity index (χ1n) is 6.83. The topological polar surface area (TPSA) is 95.7 Å². The molecule has 118 valence electrons. The zero-order valence-corrected chi connectivity index (χ0v) is 12.7. The molecule has 2 aliphatic rings. The van der Waals surface area contributed by atoms with Crippen molar-refractivity contribution in [1.82, 2.24) is 10.2 Å². The van der Waals surface area contributed by atoms with E-state index in [-0.39, 0.29) is 37.3 Å². The molecule has 4 amide bonds. The highest BCUT2D eigenvalue weighted by Crippen LogP contribution is 2.31. The average Bonchev–Trinajstić information content (AvgIpc) is 2.76. The van der Waals surface area contributed by atoms with E-state index in [1.54, 1.807) is 4.90 Å². The second-order valence-electron chi connectivity index (χ2n) is 5.20. The third-order valence-corrected chi connectivity index (χ3v) is 3.78. The number of fused-ring (bicyclic) bond motifs is 1. The fourth-order valence-electron chi connectivity index (χ4n) is 2.77. The Hall–Kier alpha value is -2.28. The van der Waals surface area contributed by atoms with Gasteiger partial charge in [-0.2, -0.15) is 0 Å². The van der Waals surface area contributed by atoms with E-state index in [0.29, 0.717) is 12.2 Å². The molecule has 0 atom stereocenters. The van der Waals surface area contributed by atoms with Crippen LogP contribution in [0.2, 0.25) is 0 Å². The minimum atomic E-state index is -0.516. The Balaban J connectivity index is 0.00000176. The lowest BCUT2D eigenvalue weighted by atomic mass is 10.00. The van der Waals surface area contributed by atoms with Crippen molar-refractivity contribution in [3.63, 3.8) is 0 Å². The number of hydrogen-bond acceptors (Lipinski definition) is 4. The van der Waals surface area contributed by atoms with Gasteiger partial charge in [0.2, 0.25) is 11.8 Å². The van der Waals surface area contributed by atoms with Crippen LogP contribution in [0.25, 0.3) is 0 Å². The first-order valence-corrected chi connectivity index (χ1v) is 6.83. The monoisotopic (exact) mass is 324 g/mol. The van der Waals surface area contributed by atoms with E-state index >= 15 is 0 Å². The summed E-state index contributed by atoms with van der Waals surface area (Å²) in [5, 5.41) is 2.16. The molecule has 2 heterocycles. The van der Waals surface area contributed by atoms with E-state index in [9.17, 15) is 14.4 Å². The number of carbonyl (C=O) groups excluding carboxylic acids is 3. The number of nitrogens with two attached hydrogens (primary N) is 1. The lowest BCUT2D eigenvalue weighted by Gasteiger charge is -2.31. The number of carbonyl (C=O) groups is 3. The van der Waals surface area contributed by atoms with Gasteiger partial charge in [0, 0.05) is 17.9 Å². The Morgan fingerprint density at radius 1 is 1.32 bits per heavy atom. The van der Waals surface area contributed by atoms with Crippen molar-refractivity contribution in [2.45, 2.75) is 12.8 Å². The first kappa shape index (κ1) is 16.1. The molecule has 8 heteroatoms. The van der Waals surface area contributed by atoms with Crippen molar-refractivity contribution in [3.05, 3.63) is 23.8 Å². The summed E-state index contributed by atoms with van der Waals surface area (Å²) in [5.41, 5.74) is 8.40. The Bertz CT molecular complexity index is 635. The molecule has 0 spiro atoms. The summed E-state index contributed by atoms with van der Waals surface area (Å²) in [7, 11) is 0. The average molecular weight is 325 g/mol. The van der Waals surface area contributed by atoms with E-state index in [4.69, 9.17) is 5.73 Å². The fraction of sp³-hybridized carbons (Fsp3) is 0.357. The van der Waals surface area contributed by atoms with E-state index in [0.717, 1.165) is 24.1 Å². The number of amides is 4. The van der Waals surface area contributed by atoms with Gasteiger partial charge in [0.15, 0.2) is 0 Å². The van der Waals surface area contributed by atoms with Gasteiger partial charge in [0.25, 0.3) is 0 Å². The normalized spacial score (nSPS) is 16.9. The zero-order valence-electron chi connectivity index (χ0n) is 11.9. The highest BCUT2D eigenvalue weighted by molar-refractivity contribution is 6.05. The summed E-state index contributed by atoms with van der Waals surface area (Å²) in [4.78, 5) is 37.9. The molecule has 3 N–H and O–H groups in total. The quantitative estimate of drug-likeness (QED) is 0.612. The maximum atomic E-state index is 12.4. The summed E-state index contributed by atoms with van der Waals surface area (Å²) in [6, 6.07) is 4.97. The number of imide groups is 1. The van der Waals surface area contributed by atoms with Crippen LogP contribution in [0.5, 0.6) is 0 Å². The second-order valence-corrected chi connectivity index (χ2v) is 5.20. The SMILES string of the molecule is Cl.Nc1cccc2c1CCCN2C(=O)CN1CC(=O)NC1=O. The second kappa shape index (κ2) is 6.23. The molecule has 0 bridgehead atoms. The minimum absolute atomic E-state index is 0. The van der Waals surface area contributed by atoms with Crippen molar-refractivity contribution in [1.29, 1.82) is 0 Å². The summed E-state index contributed by atoms with van der Waals surface area (Å²) in [5.74, 6) is -0.581. The summed E-state index contributed by atoms with van der Waals surface area (Å²) >= 11 is 0. The molecule has 1 saturated heterocycles. The van der Waals surface area contributed by atoms with Crippen molar-refractivity contribution < 1.29 is 14.4 Å². The number of urea groups is 1. The van der Waals surface area contributed by atoms with Crippen molar-refractivity contribution >= 4 is 41.6 Å². The van der Waals surface area contributed by atoms with Crippen molar-refractivity contribution in [3.8, 4) is 0 Å². The van der Waals surface area contributed by atoms with Crippen LogP contribution in [0.1, 0.15) is 12.0 Å². The molecule has 0 saturated carbocycles. The Kier molecular flexibility index (Phi) is 4.56. The minimum Gasteiger partial charge on any atom is -0.398 e. The number of nitrogens with one attached hydrogen (secondary N) is 1. The molecule has 1 fully saturated rings. The molecular formula is C14H17ClN4O3. The van der Waals surface area contributed by atoms with Gasteiger partial charge in [0.05, 0.1) is 0 Å². The van der Waals surface area contributed by atoms with Crippen molar-refractivity contribution in [2.75, 3.05) is 30.3 Å². The molecule has 0 aromatic heterocycles. The number of nitrogen functional groups attached to an aromatic ring is 1. The molecule has 22 heavy (non-hydrogen) atoms. The van der Waals surface area contributed by atoms with Crippen LogP contribution in [0.15, 0.2) is 18.2 Å².